The molecule has 0 saturated carbocycles. The zero-order chi connectivity index (χ0) is 22.8. The molecule has 2 bridgehead atoms. The zero-order valence-electron chi connectivity index (χ0n) is 16.6. The third-order valence-corrected chi connectivity index (χ3v) is 5.26. The highest BCUT2D eigenvalue weighted by molar-refractivity contribution is 5.36. The first kappa shape index (κ1) is 22.2. The van der Waals surface area contributed by atoms with Crippen LogP contribution in [0.4, 0.5) is 11.4 Å². The lowest BCUT2D eigenvalue weighted by atomic mass is 10.0. The predicted molar refractivity (Wildman–Crippen MR) is 105 cm³/mol. The van der Waals surface area contributed by atoms with E-state index < -0.39 is 53.4 Å². The molecule has 2 aliphatic rings. The van der Waals surface area contributed by atoms with Crippen molar-refractivity contribution < 1.29 is 39.0 Å². The van der Waals surface area contributed by atoms with Crippen molar-refractivity contribution in [2.24, 2.45) is 0 Å². The summed E-state index contributed by atoms with van der Waals surface area (Å²) < 4.78 is 23.3. The van der Waals surface area contributed by atoms with Crippen molar-refractivity contribution in [3.05, 3.63) is 79.9 Å². The van der Waals surface area contributed by atoms with E-state index in [4.69, 9.17) is 18.9 Å². The van der Waals surface area contributed by atoms with E-state index in [-0.39, 0.29) is 18.0 Å². The summed E-state index contributed by atoms with van der Waals surface area (Å²) in [5.74, 6) is 0. The van der Waals surface area contributed by atoms with Gasteiger partial charge >= 0.3 is 0 Å². The summed E-state index contributed by atoms with van der Waals surface area (Å²) >= 11 is 0. The zero-order valence-corrected chi connectivity index (χ0v) is 16.6. The van der Waals surface area contributed by atoms with E-state index >= 15 is 0 Å². The molecular weight excluding hydrogens is 428 g/mol. The van der Waals surface area contributed by atoms with Gasteiger partial charge in [-0.2, -0.15) is 0 Å². The van der Waals surface area contributed by atoms with E-state index in [2.05, 4.69) is 0 Å². The van der Waals surface area contributed by atoms with Crippen LogP contribution in [0.25, 0.3) is 0 Å². The van der Waals surface area contributed by atoms with Crippen molar-refractivity contribution in [1.82, 2.24) is 0 Å². The molecule has 2 saturated heterocycles. The molecule has 2 aromatic rings. The second-order valence-corrected chi connectivity index (χ2v) is 7.32. The quantitative estimate of drug-likeness (QED) is 0.509. The minimum absolute atomic E-state index is 0.155. The molecule has 0 aromatic heterocycles. The number of nitro benzene ring substituents is 2. The molecule has 170 valence electrons. The molecule has 2 aliphatic heterocycles. The highest BCUT2D eigenvalue weighted by atomic mass is 16.8. The Bertz CT molecular complexity index is 1000. The standard InChI is InChI=1S/C20H20N2O10/c23-9-15-18-17(24)16(31-20(30-15)12-4-2-6-14(8-12)22(27)28)10-29-19(32-18)11-3-1-5-13(7-11)21(25)26/h1-8,15-20,23-24H,9-10H2/t15-,16+,17+,18+,19?,20?/m0/s1. The number of hydrogen-bond acceptors (Lipinski definition) is 10. The number of rotatable bonds is 5. The minimum Gasteiger partial charge on any atom is -0.394 e. The van der Waals surface area contributed by atoms with Crippen LogP contribution in [0.3, 0.4) is 0 Å². The molecular formula is C20H20N2O10. The Morgan fingerprint density at radius 2 is 1.50 bits per heavy atom. The Balaban J connectivity index is 1.61. The van der Waals surface area contributed by atoms with Crippen LogP contribution in [0.15, 0.2) is 48.5 Å². The molecule has 0 radical (unpaired) electrons. The van der Waals surface area contributed by atoms with E-state index in [0.29, 0.717) is 11.1 Å². The van der Waals surface area contributed by atoms with Crippen molar-refractivity contribution in [1.29, 1.82) is 0 Å². The van der Waals surface area contributed by atoms with Gasteiger partial charge in [-0.1, -0.05) is 24.3 Å². The van der Waals surface area contributed by atoms with Crippen LogP contribution in [-0.2, 0) is 18.9 Å². The topological polar surface area (TPSA) is 164 Å². The van der Waals surface area contributed by atoms with E-state index in [9.17, 15) is 30.4 Å². The lowest BCUT2D eigenvalue weighted by molar-refractivity contribution is -0.385. The first-order valence-corrected chi connectivity index (χ1v) is 9.73. The van der Waals surface area contributed by atoms with E-state index in [1.807, 2.05) is 0 Å². The van der Waals surface area contributed by atoms with Gasteiger partial charge in [0.1, 0.15) is 24.4 Å². The van der Waals surface area contributed by atoms with Crippen LogP contribution >= 0.6 is 0 Å². The number of nitro groups is 2. The molecule has 0 amide bonds. The SMILES string of the molecule is O=[N+]([O-])c1cccc(C2OC[C@H]3OC(c4cccc([N+](=O)[O-])c4)O[C@@H](CO)[C@@H](O2)[C@@H]3O)c1. The average Bonchev–Trinajstić information content (AvgIpc) is 3.04. The summed E-state index contributed by atoms with van der Waals surface area (Å²) in [6.07, 6.45) is -6.58. The fourth-order valence-corrected chi connectivity index (χ4v) is 3.66. The number of aliphatic hydroxyl groups excluding tert-OH is 2. The van der Waals surface area contributed by atoms with Gasteiger partial charge in [-0.25, -0.2) is 0 Å². The highest BCUT2D eigenvalue weighted by Gasteiger charge is 2.46. The maximum Gasteiger partial charge on any atom is 0.269 e. The van der Waals surface area contributed by atoms with Gasteiger partial charge in [0.15, 0.2) is 12.6 Å². The van der Waals surface area contributed by atoms with Gasteiger partial charge in [0.2, 0.25) is 0 Å². The fourth-order valence-electron chi connectivity index (χ4n) is 3.66. The van der Waals surface area contributed by atoms with Crippen LogP contribution in [0.1, 0.15) is 23.7 Å². The normalized spacial score (nSPS) is 30.2. The molecule has 12 nitrogen and oxygen atoms in total. The number of hydrogen-bond donors (Lipinski definition) is 2. The average molecular weight is 448 g/mol. The minimum atomic E-state index is -1.26. The number of nitrogens with zero attached hydrogens (tertiary/aromatic N) is 2. The molecule has 12 heteroatoms. The van der Waals surface area contributed by atoms with Crippen LogP contribution in [0, 0.1) is 20.2 Å². The molecule has 2 aromatic carbocycles. The van der Waals surface area contributed by atoms with Gasteiger partial charge < -0.3 is 29.2 Å². The molecule has 6 atom stereocenters. The van der Waals surface area contributed by atoms with Crippen molar-refractivity contribution in [2.75, 3.05) is 13.2 Å². The van der Waals surface area contributed by atoms with Crippen LogP contribution in [-0.4, -0.2) is 57.7 Å². The largest absolute Gasteiger partial charge is 0.394 e. The van der Waals surface area contributed by atoms with E-state index in [1.165, 1.54) is 36.4 Å². The molecule has 0 aliphatic carbocycles. The number of fused-ring (bicyclic) bond motifs is 2. The van der Waals surface area contributed by atoms with Crippen LogP contribution in [0.2, 0.25) is 0 Å². The number of benzene rings is 2. The Labute approximate surface area is 181 Å². The van der Waals surface area contributed by atoms with E-state index in [0.717, 1.165) is 0 Å². The van der Waals surface area contributed by atoms with Crippen molar-refractivity contribution in [2.45, 2.75) is 37.0 Å². The van der Waals surface area contributed by atoms with Gasteiger partial charge in [0.25, 0.3) is 11.4 Å². The monoisotopic (exact) mass is 448 g/mol. The Hall–Kier alpha value is -3.00. The first-order chi connectivity index (χ1) is 15.4. The van der Waals surface area contributed by atoms with Gasteiger partial charge in [0, 0.05) is 35.4 Å². The Kier molecular flexibility index (Phi) is 6.41. The summed E-state index contributed by atoms with van der Waals surface area (Å²) in [6.45, 7) is -0.706. The summed E-state index contributed by atoms with van der Waals surface area (Å²) in [5, 5.41) is 42.9. The first-order valence-electron chi connectivity index (χ1n) is 9.73. The van der Waals surface area contributed by atoms with E-state index in [1.54, 1.807) is 12.1 Å². The smallest absolute Gasteiger partial charge is 0.269 e. The fraction of sp³-hybridized carbons (Fsp3) is 0.400. The summed E-state index contributed by atoms with van der Waals surface area (Å²) in [5.41, 5.74) is 0.353. The summed E-state index contributed by atoms with van der Waals surface area (Å²) in [6, 6.07) is 11.3. The predicted octanol–water partition coefficient (Wildman–Crippen LogP) is 1.75. The van der Waals surface area contributed by atoms with Crippen LogP contribution < -0.4 is 0 Å². The second kappa shape index (κ2) is 9.24. The lowest BCUT2D eigenvalue weighted by Gasteiger charge is -2.29. The van der Waals surface area contributed by atoms with Gasteiger partial charge in [-0.15, -0.1) is 0 Å². The Morgan fingerprint density at radius 1 is 0.906 bits per heavy atom. The van der Waals surface area contributed by atoms with Crippen molar-refractivity contribution >= 4 is 11.4 Å². The maximum atomic E-state index is 11.1. The van der Waals surface area contributed by atoms with Gasteiger partial charge in [-0.05, 0) is 0 Å². The maximum absolute atomic E-state index is 11.1. The molecule has 0 spiro atoms. The Morgan fingerprint density at radius 3 is 2.06 bits per heavy atom. The molecule has 2 unspecified atom stereocenters. The summed E-state index contributed by atoms with van der Waals surface area (Å²) in [4.78, 5) is 21.1. The van der Waals surface area contributed by atoms with Crippen LogP contribution in [0.5, 0.6) is 0 Å². The molecule has 2 heterocycles. The lowest BCUT2D eigenvalue weighted by Crippen LogP contribution is -2.45. The number of ether oxygens (including phenoxy) is 4. The highest BCUT2D eigenvalue weighted by Crippen LogP contribution is 2.37. The second-order valence-electron chi connectivity index (χ2n) is 7.32. The van der Waals surface area contributed by atoms with Crippen molar-refractivity contribution in [3.63, 3.8) is 0 Å². The third kappa shape index (κ3) is 4.46. The summed E-state index contributed by atoms with van der Waals surface area (Å²) in [7, 11) is 0. The molecule has 4 rings (SSSR count). The third-order valence-electron chi connectivity index (χ3n) is 5.26. The molecule has 32 heavy (non-hydrogen) atoms. The number of non-ortho nitro benzene ring substituents is 2. The van der Waals surface area contributed by atoms with Gasteiger partial charge in [-0.3, -0.25) is 20.2 Å². The number of aliphatic hydroxyl groups is 2. The van der Waals surface area contributed by atoms with Crippen molar-refractivity contribution in [3.8, 4) is 0 Å². The molecule has 2 N–H and O–H groups in total. The molecule has 2 fully saturated rings. The van der Waals surface area contributed by atoms with Gasteiger partial charge in [0.05, 0.1) is 23.1 Å².